The number of benzene rings is 3. The van der Waals surface area contributed by atoms with Gasteiger partial charge in [-0.15, -0.1) is 11.8 Å². The molecule has 0 radical (unpaired) electrons. The quantitative estimate of drug-likeness (QED) is 0.251. The SMILES string of the molecule is C[C@H]1[C@@H](CSc2ccccc2)O[C@@H](c2ccc(CNC(=O)CCCC(=O)O)cc2)O[C@H]1c1ccc(CO)cc1. The summed E-state index contributed by atoms with van der Waals surface area (Å²) in [6, 6.07) is 25.9. The van der Waals surface area contributed by atoms with Crippen LogP contribution in [0.2, 0.25) is 0 Å². The average molecular weight is 550 g/mol. The number of nitrogens with one attached hydrogen (secondary N) is 1. The lowest BCUT2D eigenvalue weighted by Gasteiger charge is -2.41. The minimum Gasteiger partial charge on any atom is -0.481 e. The maximum absolute atomic E-state index is 12.0. The van der Waals surface area contributed by atoms with Crippen molar-refractivity contribution in [3.63, 3.8) is 0 Å². The van der Waals surface area contributed by atoms with Gasteiger partial charge in [-0.3, -0.25) is 9.59 Å². The van der Waals surface area contributed by atoms with Crippen molar-refractivity contribution in [1.29, 1.82) is 0 Å². The summed E-state index contributed by atoms with van der Waals surface area (Å²) in [4.78, 5) is 23.8. The van der Waals surface area contributed by atoms with E-state index in [9.17, 15) is 14.7 Å². The largest absolute Gasteiger partial charge is 0.481 e. The molecule has 0 saturated carbocycles. The van der Waals surface area contributed by atoms with Crippen LogP contribution in [0.15, 0.2) is 83.8 Å². The van der Waals surface area contributed by atoms with Gasteiger partial charge in [0.25, 0.3) is 0 Å². The van der Waals surface area contributed by atoms with Crippen molar-refractivity contribution in [1.82, 2.24) is 5.32 Å². The number of aliphatic carboxylic acids is 1. The lowest BCUT2D eigenvalue weighted by atomic mass is 9.91. The second-order valence-corrected chi connectivity index (χ2v) is 10.8. The summed E-state index contributed by atoms with van der Waals surface area (Å²) in [6.07, 6.45) is -0.286. The van der Waals surface area contributed by atoms with Gasteiger partial charge in [0.1, 0.15) is 0 Å². The van der Waals surface area contributed by atoms with E-state index in [1.165, 1.54) is 4.90 Å². The Morgan fingerprint density at radius 1 is 0.872 bits per heavy atom. The Morgan fingerprint density at radius 2 is 1.54 bits per heavy atom. The Balaban J connectivity index is 1.44. The second-order valence-electron chi connectivity index (χ2n) is 9.71. The predicted octanol–water partition coefficient (Wildman–Crippen LogP) is 5.63. The van der Waals surface area contributed by atoms with Gasteiger partial charge in [-0.1, -0.05) is 73.7 Å². The highest BCUT2D eigenvalue weighted by Crippen LogP contribution is 2.43. The monoisotopic (exact) mass is 549 g/mol. The van der Waals surface area contributed by atoms with Crippen LogP contribution >= 0.6 is 11.8 Å². The van der Waals surface area contributed by atoms with Crippen molar-refractivity contribution in [2.24, 2.45) is 5.92 Å². The molecule has 3 N–H and O–H groups in total. The Hall–Kier alpha value is -3.17. The number of hydrogen-bond donors (Lipinski definition) is 3. The van der Waals surface area contributed by atoms with Crippen molar-refractivity contribution in [2.75, 3.05) is 5.75 Å². The molecular weight excluding hydrogens is 514 g/mol. The number of thioether (sulfide) groups is 1. The van der Waals surface area contributed by atoms with Gasteiger partial charge in [0, 0.05) is 41.5 Å². The molecule has 4 rings (SSSR count). The summed E-state index contributed by atoms with van der Waals surface area (Å²) in [7, 11) is 0. The lowest BCUT2D eigenvalue weighted by Crippen LogP contribution is -2.38. The van der Waals surface area contributed by atoms with Gasteiger partial charge < -0.3 is 25.0 Å². The summed E-state index contributed by atoms with van der Waals surface area (Å²) in [5.41, 5.74) is 3.73. The van der Waals surface area contributed by atoms with Crippen molar-refractivity contribution in [3.05, 3.63) is 101 Å². The van der Waals surface area contributed by atoms with Crippen molar-refractivity contribution >= 4 is 23.6 Å². The van der Waals surface area contributed by atoms with Gasteiger partial charge in [-0.25, -0.2) is 0 Å². The smallest absolute Gasteiger partial charge is 0.303 e. The summed E-state index contributed by atoms with van der Waals surface area (Å²) < 4.78 is 13.0. The molecule has 0 bridgehead atoms. The zero-order valence-corrected chi connectivity index (χ0v) is 22.8. The van der Waals surface area contributed by atoms with Crippen molar-refractivity contribution in [2.45, 2.75) is 62.7 Å². The fourth-order valence-corrected chi connectivity index (χ4v) is 5.58. The van der Waals surface area contributed by atoms with E-state index in [-0.39, 0.29) is 43.5 Å². The summed E-state index contributed by atoms with van der Waals surface area (Å²) in [5, 5.41) is 21.0. The minimum atomic E-state index is -0.898. The summed E-state index contributed by atoms with van der Waals surface area (Å²) in [6.45, 7) is 2.52. The van der Waals surface area contributed by atoms with Gasteiger partial charge in [0.15, 0.2) is 6.29 Å². The third kappa shape index (κ3) is 8.41. The molecule has 1 aliphatic rings. The average Bonchev–Trinajstić information content (AvgIpc) is 2.96. The van der Waals surface area contributed by atoms with Crippen LogP contribution in [-0.2, 0) is 32.2 Å². The van der Waals surface area contributed by atoms with E-state index in [1.54, 1.807) is 11.8 Å². The first-order valence-electron chi connectivity index (χ1n) is 13.2. The van der Waals surface area contributed by atoms with Gasteiger partial charge >= 0.3 is 5.97 Å². The van der Waals surface area contributed by atoms with Crippen LogP contribution in [0.5, 0.6) is 0 Å². The molecule has 3 aromatic rings. The minimum absolute atomic E-state index is 0.00142. The molecule has 1 heterocycles. The number of amides is 1. The van der Waals surface area contributed by atoms with Gasteiger partial charge in [-0.2, -0.15) is 0 Å². The molecule has 7 nitrogen and oxygen atoms in total. The Labute approximate surface area is 233 Å². The first-order chi connectivity index (χ1) is 18.9. The molecular formula is C31H35NO6S. The fraction of sp³-hybridized carbons (Fsp3) is 0.355. The van der Waals surface area contributed by atoms with E-state index in [1.807, 2.05) is 66.7 Å². The maximum Gasteiger partial charge on any atom is 0.303 e. The van der Waals surface area contributed by atoms with E-state index >= 15 is 0 Å². The Morgan fingerprint density at radius 3 is 2.21 bits per heavy atom. The van der Waals surface area contributed by atoms with Crippen LogP contribution in [0.25, 0.3) is 0 Å². The van der Waals surface area contributed by atoms with Crippen LogP contribution in [-0.4, -0.2) is 33.9 Å². The zero-order valence-electron chi connectivity index (χ0n) is 22.0. The highest BCUT2D eigenvalue weighted by Gasteiger charge is 2.38. The van der Waals surface area contributed by atoms with E-state index < -0.39 is 12.3 Å². The maximum atomic E-state index is 12.0. The van der Waals surface area contributed by atoms with Crippen LogP contribution in [0.3, 0.4) is 0 Å². The summed E-state index contributed by atoms with van der Waals surface area (Å²) in [5.74, 6) is -0.178. The number of aliphatic hydroxyl groups is 1. The molecule has 4 atom stereocenters. The highest BCUT2D eigenvalue weighted by molar-refractivity contribution is 7.99. The number of carboxylic acids is 1. The number of carboxylic acid groups (broad SMARTS) is 1. The van der Waals surface area contributed by atoms with E-state index in [4.69, 9.17) is 14.6 Å². The number of ether oxygens (including phenoxy) is 2. The normalized spacial score (nSPS) is 20.9. The molecule has 8 heteroatoms. The van der Waals surface area contributed by atoms with E-state index in [0.29, 0.717) is 13.0 Å². The van der Waals surface area contributed by atoms with E-state index in [2.05, 4.69) is 24.4 Å². The topological polar surface area (TPSA) is 105 Å². The third-order valence-electron chi connectivity index (χ3n) is 6.82. The summed E-state index contributed by atoms with van der Waals surface area (Å²) >= 11 is 1.76. The van der Waals surface area contributed by atoms with Crippen LogP contribution in [0.4, 0.5) is 0 Å². The van der Waals surface area contributed by atoms with Gasteiger partial charge in [-0.05, 0) is 35.2 Å². The molecule has 3 aromatic carbocycles. The first kappa shape index (κ1) is 28.8. The number of carbonyl (C=O) groups excluding carboxylic acids is 1. The van der Waals surface area contributed by atoms with E-state index in [0.717, 1.165) is 28.0 Å². The molecule has 0 aliphatic carbocycles. The number of aliphatic hydroxyl groups excluding tert-OH is 1. The third-order valence-corrected chi connectivity index (χ3v) is 7.92. The Bertz CT molecular complexity index is 1200. The predicted molar refractivity (Wildman–Crippen MR) is 150 cm³/mol. The van der Waals surface area contributed by atoms with Crippen molar-refractivity contribution in [3.8, 4) is 0 Å². The van der Waals surface area contributed by atoms with Gasteiger partial charge in [0.2, 0.25) is 5.91 Å². The molecule has 39 heavy (non-hydrogen) atoms. The molecule has 1 amide bonds. The fourth-order valence-electron chi connectivity index (χ4n) is 4.49. The number of rotatable bonds is 12. The van der Waals surface area contributed by atoms with Crippen LogP contribution in [0.1, 0.15) is 60.8 Å². The first-order valence-corrected chi connectivity index (χ1v) is 14.2. The van der Waals surface area contributed by atoms with Crippen molar-refractivity contribution < 1.29 is 29.3 Å². The molecule has 1 aliphatic heterocycles. The molecule has 0 aromatic heterocycles. The van der Waals surface area contributed by atoms with Gasteiger partial charge in [0.05, 0.1) is 18.8 Å². The standard InChI is InChI=1S/C31H35NO6S/c1-21-27(20-39-26-6-3-2-4-7-26)37-31(38-30(21)24-14-12-23(19-33)13-15-24)25-16-10-22(11-17-25)18-32-28(34)8-5-9-29(35)36/h2-4,6-7,10-17,21,27,30-31,33H,5,8-9,18-20H2,1H3,(H,32,34)(H,35,36)/t21-,27+,30+,31+/m0/s1. The molecule has 0 spiro atoms. The second kappa shape index (κ2) is 14.3. The van der Waals surface area contributed by atoms with Crippen LogP contribution in [0, 0.1) is 5.92 Å². The molecule has 206 valence electrons. The molecule has 1 saturated heterocycles. The molecule has 1 fully saturated rings. The zero-order chi connectivity index (χ0) is 27.6. The van der Waals surface area contributed by atoms with Crippen LogP contribution < -0.4 is 5.32 Å². The number of carbonyl (C=O) groups is 2. The Kier molecular flexibility index (Phi) is 10.6. The highest BCUT2D eigenvalue weighted by atomic mass is 32.2. The molecule has 0 unspecified atom stereocenters. The number of hydrogen-bond acceptors (Lipinski definition) is 6. The lowest BCUT2D eigenvalue weighted by molar-refractivity contribution is -0.268.